The Labute approximate surface area is 218 Å². The number of thiocarbonyl (C=S) groups is 1. The van der Waals surface area contributed by atoms with Gasteiger partial charge in [0, 0.05) is 30.9 Å². The molecule has 0 spiro atoms. The summed E-state index contributed by atoms with van der Waals surface area (Å²) in [6.07, 6.45) is 1.31. The zero-order valence-corrected chi connectivity index (χ0v) is 22.0. The minimum Gasteiger partial charge on any atom is -0.377 e. The smallest absolute Gasteiger partial charge is 0.170 e. The lowest BCUT2D eigenvalue weighted by Gasteiger charge is -2.41. The van der Waals surface area contributed by atoms with E-state index in [0.29, 0.717) is 54.1 Å². The van der Waals surface area contributed by atoms with Gasteiger partial charge in [-0.15, -0.1) is 0 Å². The van der Waals surface area contributed by atoms with Gasteiger partial charge in [0.2, 0.25) is 0 Å². The highest BCUT2D eigenvalue weighted by Crippen LogP contribution is 2.75. The summed E-state index contributed by atoms with van der Waals surface area (Å²) in [5.41, 5.74) is 2.36. The van der Waals surface area contributed by atoms with Gasteiger partial charge in [-0.05, 0) is 68.4 Å². The summed E-state index contributed by atoms with van der Waals surface area (Å²) in [5, 5.41) is 6.55. The molecule has 0 bridgehead atoms. The van der Waals surface area contributed by atoms with Crippen LogP contribution >= 0.6 is 22.8 Å². The highest BCUT2D eigenvalue weighted by molar-refractivity contribution is 8.25. The Hall–Kier alpha value is -2.76. The minimum absolute atomic E-state index is 0.146. The Kier molecular flexibility index (Phi) is 6.88. The van der Waals surface area contributed by atoms with E-state index in [-0.39, 0.29) is 6.04 Å². The maximum absolute atomic E-state index is 11.5. The van der Waals surface area contributed by atoms with Gasteiger partial charge in [-0.2, -0.15) is 10.6 Å². The summed E-state index contributed by atoms with van der Waals surface area (Å²) in [4.78, 5) is 12.6. The van der Waals surface area contributed by atoms with Crippen LogP contribution in [0.3, 0.4) is 0 Å². The first-order valence-electron chi connectivity index (χ1n) is 12.0. The van der Waals surface area contributed by atoms with Gasteiger partial charge in [0.05, 0.1) is 29.8 Å². The molecule has 1 saturated heterocycles. The van der Waals surface area contributed by atoms with Crippen LogP contribution in [0.2, 0.25) is 0 Å². The van der Waals surface area contributed by atoms with E-state index in [0.717, 1.165) is 17.1 Å². The molecule has 1 aliphatic carbocycles. The van der Waals surface area contributed by atoms with Crippen molar-refractivity contribution in [1.82, 2.24) is 15.3 Å². The molecule has 1 atom stereocenters. The standard InChI is InChI=1S/C26H31N5O3S2/c1-18-17-34-15-14-31(18)23-16-22(26(12-13-26)36(32,33)21-6-4-3-5-7-21)29-24(30-23)19-8-10-20(11-9-19)28-25(35)27-2/h3-11,16,18,32-33H,12-15,17H2,1-2H3,(H2,27,28,35)/t18-/m0/s1. The van der Waals surface area contributed by atoms with E-state index >= 15 is 0 Å². The molecule has 36 heavy (non-hydrogen) atoms. The van der Waals surface area contributed by atoms with E-state index in [4.69, 9.17) is 26.9 Å². The Morgan fingerprint density at radius 1 is 1.11 bits per heavy atom. The highest BCUT2D eigenvalue weighted by atomic mass is 32.3. The van der Waals surface area contributed by atoms with Gasteiger partial charge in [-0.25, -0.2) is 9.97 Å². The molecule has 1 saturated carbocycles. The van der Waals surface area contributed by atoms with Crippen LogP contribution in [0.4, 0.5) is 11.5 Å². The Bertz CT molecular complexity index is 1240. The predicted octanol–water partition coefficient (Wildman–Crippen LogP) is 5.08. The number of rotatable bonds is 6. The lowest BCUT2D eigenvalue weighted by Crippen LogP contribution is -2.44. The molecular weight excluding hydrogens is 494 g/mol. The van der Waals surface area contributed by atoms with Crippen molar-refractivity contribution in [1.29, 1.82) is 0 Å². The first kappa shape index (κ1) is 24.9. The van der Waals surface area contributed by atoms with Gasteiger partial charge >= 0.3 is 0 Å². The summed E-state index contributed by atoms with van der Waals surface area (Å²) < 4.78 is 27.8. The Morgan fingerprint density at radius 3 is 2.47 bits per heavy atom. The van der Waals surface area contributed by atoms with Gasteiger partial charge in [0.25, 0.3) is 0 Å². The van der Waals surface area contributed by atoms with E-state index in [1.165, 1.54) is 0 Å². The number of anilines is 2. The molecule has 5 rings (SSSR count). The molecule has 0 amide bonds. The van der Waals surface area contributed by atoms with Crippen molar-refractivity contribution in [3.63, 3.8) is 0 Å². The first-order chi connectivity index (χ1) is 17.3. The maximum Gasteiger partial charge on any atom is 0.170 e. The van der Waals surface area contributed by atoms with Gasteiger partial charge < -0.3 is 20.3 Å². The van der Waals surface area contributed by atoms with Crippen molar-refractivity contribution in [2.24, 2.45) is 0 Å². The van der Waals surface area contributed by atoms with Crippen molar-refractivity contribution in [2.45, 2.75) is 35.4 Å². The van der Waals surface area contributed by atoms with Crippen molar-refractivity contribution in [3.05, 3.63) is 66.4 Å². The molecule has 10 heteroatoms. The second-order valence-electron chi connectivity index (χ2n) is 9.19. The molecule has 190 valence electrons. The van der Waals surface area contributed by atoms with Crippen LogP contribution in [-0.2, 0) is 9.48 Å². The lowest BCUT2D eigenvalue weighted by molar-refractivity contribution is 0.0985. The molecule has 2 aliphatic rings. The molecule has 1 aromatic heterocycles. The minimum atomic E-state index is -3.13. The number of aromatic nitrogens is 2. The van der Waals surface area contributed by atoms with Crippen molar-refractivity contribution >= 4 is 39.4 Å². The summed E-state index contributed by atoms with van der Waals surface area (Å²) in [5.74, 6) is 1.33. The molecule has 1 aliphatic heterocycles. The molecule has 8 nitrogen and oxygen atoms in total. The average Bonchev–Trinajstić information content (AvgIpc) is 3.72. The molecule has 0 radical (unpaired) electrons. The van der Waals surface area contributed by atoms with Gasteiger partial charge in [0.15, 0.2) is 10.9 Å². The normalized spacial score (nSPS) is 19.4. The lowest BCUT2D eigenvalue weighted by atomic mass is 10.1. The molecule has 3 aromatic rings. The highest BCUT2D eigenvalue weighted by Gasteiger charge is 2.57. The third-order valence-electron chi connectivity index (χ3n) is 6.79. The molecule has 2 aromatic carbocycles. The summed E-state index contributed by atoms with van der Waals surface area (Å²) in [6.45, 7) is 4.05. The quantitative estimate of drug-likeness (QED) is 0.328. The third-order valence-corrected chi connectivity index (χ3v) is 9.73. The van der Waals surface area contributed by atoms with Crippen LogP contribution in [0.5, 0.6) is 0 Å². The predicted molar refractivity (Wildman–Crippen MR) is 149 cm³/mol. The fourth-order valence-electron chi connectivity index (χ4n) is 4.54. The number of nitrogens with one attached hydrogen (secondary N) is 2. The summed E-state index contributed by atoms with van der Waals surface area (Å²) in [6, 6.07) is 18.9. The zero-order chi connectivity index (χ0) is 25.3. The second kappa shape index (κ2) is 9.95. The van der Waals surface area contributed by atoms with Crippen LogP contribution < -0.4 is 15.5 Å². The third kappa shape index (κ3) is 4.67. The zero-order valence-electron chi connectivity index (χ0n) is 20.3. The number of morpholine rings is 1. The molecule has 0 unspecified atom stereocenters. The Morgan fingerprint density at radius 2 is 1.83 bits per heavy atom. The van der Waals surface area contributed by atoms with Crippen LogP contribution in [-0.4, -0.2) is 57.0 Å². The van der Waals surface area contributed by atoms with Gasteiger partial charge in [-0.1, -0.05) is 18.2 Å². The van der Waals surface area contributed by atoms with Crippen molar-refractivity contribution in [3.8, 4) is 11.4 Å². The van der Waals surface area contributed by atoms with Gasteiger partial charge in [-0.3, -0.25) is 9.11 Å². The van der Waals surface area contributed by atoms with Crippen LogP contribution in [0.1, 0.15) is 25.5 Å². The number of hydrogen-bond acceptors (Lipinski definition) is 7. The van der Waals surface area contributed by atoms with E-state index in [1.807, 2.05) is 48.5 Å². The average molecular weight is 526 g/mol. The van der Waals surface area contributed by atoms with E-state index in [9.17, 15) is 9.11 Å². The topological polar surface area (TPSA) is 103 Å². The van der Waals surface area contributed by atoms with E-state index < -0.39 is 15.3 Å². The summed E-state index contributed by atoms with van der Waals surface area (Å²) >= 11 is 5.20. The van der Waals surface area contributed by atoms with Crippen LogP contribution in [0.15, 0.2) is 65.6 Å². The Balaban J connectivity index is 1.57. The van der Waals surface area contributed by atoms with E-state index in [2.05, 4.69) is 22.5 Å². The number of hydrogen-bond donors (Lipinski definition) is 4. The fourth-order valence-corrected chi connectivity index (χ4v) is 6.72. The number of benzene rings is 2. The number of ether oxygens (including phenoxy) is 1. The molecular formula is C26H31N5O3S2. The fraction of sp³-hybridized carbons (Fsp3) is 0.346. The number of nitrogens with zero attached hydrogens (tertiary/aromatic N) is 3. The monoisotopic (exact) mass is 525 g/mol. The second-order valence-corrected chi connectivity index (χ2v) is 11.9. The first-order valence-corrected chi connectivity index (χ1v) is 14.0. The van der Waals surface area contributed by atoms with Crippen LogP contribution in [0, 0.1) is 0 Å². The maximum atomic E-state index is 11.5. The van der Waals surface area contributed by atoms with Crippen molar-refractivity contribution < 1.29 is 13.8 Å². The van der Waals surface area contributed by atoms with E-state index in [1.54, 1.807) is 19.2 Å². The molecule has 2 fully saturated rings. The largest absolute Gasteiger partial charge is 0.377 e. The summed E-state index contributed by atoms with van der Waals surface area (Å²) in [7, 11) is -1.36. The molecule has 4 N–H and O–H groups in total. The SMILES string of the molecule is CNC(=S)Nc1ccc(-c2nc(N3CCOC[C@@H]3C)cc(C3(S(O)(O)c4ccccc4)CC3)n2)cc1. The van der Waals surface area contributed by atoms with Crippen molar-refractivity contribution in [2.75, 3.05) is 37.0 Å². The van der Waals surface area contributed by atoms with Gasteiger partial charge in [0.1, 0.15) is 10.6 Å². The molecule has 2 heterocycles. The van der Waals surface area contributed by atoms with Crippen LogP contribution in [0.25, 0.3) is 11.4 Å².